The molecule has 21 heavy (non-hydrogen) atoms. The van der Waals surface area contributed by atoms with Gasteiger partial charge in [0.05, 0.1) is 18.8 Å². The molecule has 1 saturated heterocycles. The summed E-state index contributed by atoms with van der Waals surface area (Å²) < 4.78 is 7.12. The number of aliphatic hydroxyl groups is 1. The molecule has 1 aliphatic rings. The number of anilines is 1. The molecular formula is C14H24N4O3. The van der Waals surface area contributed by atoms with Crippen LogP contribution in [0.1, 0.15) is 45.2 Å². The van der Waals surface area contributed by atoms with E-state index >= 15 is 0 Å². The van der Waals surface area contributed by atoms with Crippen LogP contribution in [0.5, 0.6) is 0 Å². The molecule has 7 nitrogen and oxygen atoms in total. The highest BCUT2D eigenvalue weighted by Gasteiger charge is 2.28. The number of amides is 1. The molecule has 7 heteroatoms. The molecule has 2 heterocycles. The van der Waals surface area contributed by atoms with Gasteiger partial charge in [-0.2, -0.15) is 5.10 Å². The standard InChI is InChI=1S/C14H24N4O3/c1-14(2,3)21-13(20)17-6-4-11(5-7-17)18-12(15)10(9-19)8-16-18/h8,11,19H,4-7,9,15H2,1-3H3. The number of rotatable bonds is 2. The van der Waals surface area contributed by atoms with Gasteiger partial charge in [-0.15, -0.1) is 0 Å². The first-order valence-corrected chi connectivity index (χ1v) is 7.22. The quantitative estimate of drug-likeness (QED) is 0.863. The molecule has 0 unspecified atom stereocenters. The summed E-state index contributed by atoms with van der Waals surface area (Å²) in [5.74, 6) is 0.508. The molecule has 1 amide bonds. The Morgan fingerprint density at radius 3 is 2.57 bits per heavy atom. The lowest BCUT2D eigenvalue weighted by Crippen LogP contribution is -2.42. The van der Waals surface area contributed by atoms with E-state index in [4.69, 9.17) is 15.6 Å². The van der Waals surface area contributed by atoms with Crippen LogP contribution in [0, 0.1) is 0 Å². The summed E-state index contributed by atoms with van der Waals surface area (Å²) in [6.45, 7) is 6.71. The van der Waals surface area contributed by atoms with Gasteiger partial charge in [0.2, 0.25) is 0 Å². The minimum absolute atomic E-state index is 0.109. The van der Waals surface area contributed by atoms with Crippen LogP contribution in [0.15, 0.2) is 6.20 Å². The van der Waals surface area contributed by atoms with Gasteiger partial charge in [0.15, 0.2) is 0 Å². The fourth-order valence-corrected chi connectivity index (χ4v) is 2.44. The number of carbonyl (C=O) groups excluding carboxylic acids is 1. The summed E-state index contributed by atoms with van der Waals surface area (Å²) in [6.07, 6.45) is 2.87. The van der Waals surface area contributed by atoms with E-state index in [0.29, 0.717) is 24.5 Å². The fourth-order valence-electron chi connectivity index (χ4n) is 2.44. The SMILES string of the molecule is CC(C)(C)OC(=O)N1CCC(n2ncc(CO)c2N)CC1. The first-order chi connectivity index (χ1) is 9.81. The molecule has 118 valence electrons. The molecule has 1 aromatic heterocycles. The lowest BCUT2D eigenvalue weighted by Gasteiger charge is -2.33. The van der Waals surface area contributed by atoms with Gasteiger partial charge in [0.25, 0.3) is 0 Å². The van der Waals surface area contributed by atoms with Crippen LogP contribution in [0.25, 0.3) is 0 Å². The highest BCUT2D eigenvalue weighted by Crippen LogP contribution is 2.26. The van der Waals surface area contributed by atoms with Crippen molar-refractivity contribution in [3.05, 3.63) is 11.8 Å². The highest BCUT2D eigenvalue weighted by molar-refractivity contribution is 5.68. The molecule has 0 saturated carbocycles. The Hall–Kier alpha value is -1.76. The number of aliphatic hydroxyl groups excluding tert-OH is 1. The van der Waals surface area contributed by atoms with Gasteiger partial charge < -0.3 is 20.5 Å². The number of likely N-dealkylation sites (tertiary alicyclic amines) is 1. The summed E-state index contributed by atoms with van der Waals surface area (Å²) >= 11 is 0. The molecule has 0 aliphatic carbocycles. The van der Waals surface area contributed by atoms with Crippen molar-refractivity contribution in [1.29, 1.82) is 0 Å². The number of carbonyl (C=O) groups is 1. The third-order valence-corrected chi connectivity index (χ3v) is 3.55. The smallest absolute Gasteiger partial charge is 0.410 e. The third-order valence-electron chi connectivity index (χ3n) is 3.55. The Morgan fingerprint density at radius 2 is 2.10 bits per heavy atom. The van der Waals surface area contributed by atoms with E-state index in [1.54, 1.807) is 15.8 Å². The molecule has 0 atom stereocenters. The highest BCUT2D eigenvalue weighted by atomic mass is 16.6. The molecule has 1 aliphatic heterocycles. The maximum Gasteiger partial charge on any atom is 0.410 e. The maximum absolute atomic E-state index is 12.0. The molecule has 0 aromatic carbocycles. The number of nitrogen functional groups attached to an aromatic ring is 1. The van der Waals surface area contributed by atoms with Gasteiger partial charge in [0.1, 0.15) is 11.4 Å². The number of hydrogen-bond acceptors (Lipinski definition) is 5. The van der Waals surface area contributed by atoms with Gasteiger partial charge in [-0.25, -0.2) is 9.48 Å². The van der Waals surface area contributed by atoms with Crippen LogP contribution >= 0.6 is 0 Å². The first kappa shape index (κ1) is 15.6. The predicted octanol–water partition coefficient (Wildman–Crippen LogP) is 1.53. The van der Waals surface area contributed by atoms with Crippen molar-refractivity contribution in [3.8, 4) is 0 Å². The minimum Gasteiger partial charge on any atom is -0.444 e. The second-order valence-electron chi connectivity index (χ2n) is 6.36. The monoisotopic (exact) mass is 296 g/mol. The zero-order chi connectivity index (χ0) is 15.6. The first-order valence-electron chi connectivity index (χ1n) is 7.22. The topological polar surface area (TPSA) is 93.6 Å². The number of aromatic nitrogens is 2. The van der Waals surface area contributed by atoms with E-state index in [1.165, 1.54) is 0 Å². The van der Waals surface area contributed by atoms with Crippen molar-refractivity contribution in [2.45, 2.75) is 51.9 Å². The summed E-state index contributed by atoms with van der Waals surface area (Å²) in [4.78, 5) is 13.7. The lowest BCUT2D eigenvalue weighted by atomic mass is 10.1. The van der Waals surface area contributed by atoms with Gasteiger partial charge in [0, 0.05) is 18.7 Å². The van der Waals surface area contributed by atoms with E-state index in [9.17, 15) is 4.79 Å². The van der Waals surface area contributed by atoms with Crippen molar-refractivity contribution in [1.82, 2.24) is 14.7 Å². The second kappa shape index (κ2) is 5.93. The molecule has 0 spiro atoms. The van der Waals surface area contributed by atoms with Gasteiger partial charge in [-0.3, -0.25) is 0 Å². The normalized spacial score (nSPS) is 17.0. The summed E-state index contributed by atoms with van der Waals surface area (Å²) in [7, 11) is 0. The number of nitrogens with two attached hydrogens (primary N) is 1. The van der Waals surface area contributed by atoms with Crippen molar-refractivity contribution in [2.24, 2.45) is 0 Å². The Labute approximate surface area is 124 Å². The van der Waals surface area contributed by atoms with Crippen molar-refractivity contribution in [3.63, 3.8) is 0 Å². The molecule has 1 fully saturated rings. The summed E-state index contributed by atoms with van der Waals surface area (Å²) in [5, 5.41) is 13.4. The third kappa shape index (κ3) is 3.66. The van der Waals surface area contributed by atoms with Crippen LogP contribution < -0.4 is 5.73 Å². The lowest BCUT2D eigenvalue weighted by molar-refractivity contribution is 0.0185. The number of ether oxygens (including phenoxy) is 1. The molecular weight excluding hydrogens is 272 g/mol. The fraction of sp³-hybridized carbons (Fsp3) is 0.714. The van der Waals surface area contributed by atoms with Crippen LogP contribution in [-0.2, 0) is 11.3 Å². The zero-order valence-electron chi connectivity index (χ0n) is 12.9. The summed E-state index contributed by atoms with van der Waals surface area (Å²) in [6, 6.07) is 0.156. The maximum atomic E-state index is 12.0. The van der Waals surface area contributed by atoms with Crippen LogP contribution in [0.3, 0.4) is 0 Å². The van der Waals surface area contributed by atoms with Crippen molar-refractivity contribution < 1.29 is 14.6 Å². The van der Waals surface area contributed by atoms with Crippen LogP contribution in [-0.4, -0.2) is 44.6 Å². The zero-order valence-corrected chi connectivity index (χ0v) is 12.9. The van der Waals surface area contributed by atoms with Crippen molar-refractivity contribution >= 4 is 11.9 Å². The van der Waals surface area contributed by atoms with E-state index < -0.39 is 5.60 Å². The average molecular weight is 296 g/mol. The Kier molecular flexibility index (Phi) is 4.41. The van der Waals surface area contributed by atoms with Gasteiger partial charge >= 0.3 is 6.09 Å². The summed E-state index contributed by atoms with van der Waals surface area (Å²) in [5.41, 5.74) is 6.12. The largest absolute Gasteiger partial charge is 0.444 e. The molecule has 0 radical (unpaired) electrons. The molecule has 1 aromatic rings. The number of piperidine rings is 1. The molecule has 3 N–H and O–H groups in total. The molecule has 2 rings (SSSR count). The minimum atomic E-state index is -0.476. The predicted molar refractivity (Wildman–Crippen MR) is 78.6 cm³/mol. The number of hydrogen-bond donors (Lipinski definition) is 2. The van der Waals surface area contributed by atoms with Crippen LogP contribution in [0.2, 0.25) is 0 Å². The molecule has 0 bridgehead atoms. The number of nitrogens with zero attached hydrogens (tertiary/aromatic N) is 3. The Balaban J connectivity index is 1.94. The van der Waals surface area contributed by atoms with E-state index in [1.807, 2.05) is 20.8 Å². The van der Waals surface area contributed by atoms with E-state index in [2.05, 4.69) is 5.10 Å². The van der Waals surface area contributed by atoms with E-state index in [0.717, 1.165) is 12.8 Å². The average Bonchev–Trinajstić information content (AvgIpc) is 2.78. The van der Waals surface area contributed by atoms with E-state index in [-0.39, 0.29) is 18.7 Å². The van der Waals surface area contributed by atoms with Crippen LogP contribution in [0.4, 0.5) is 10.6 Å². The van der Waals surface area contributed by atoms with Crippen molar-refractivity contribution in [2.75, 3.05) is 18.8 Å². The van der Waals surface area contributed by atoms with Gasteiger partial charge in [-0.1, -0.05) is 0 Å². The Bertz CT molecular complexity index is 499. The van der Waals surface area contributed by atoms with Gasteiger partial charge in [-0.05, 0) is 33.6 Å². The second-order valence-corrected chi connectivity index (χ2v) is 6.36. The Morgan fingerprint density at radius 1 is 1.48 bits per heavy atom.